The maximum atomic E-state index is 10.9. The van der Waals surface area contributed by atoms with Gasteiger partial charge in [0.05, 0.1) is 0 Å². The lowest BCUT2D eigenvalue weighted by atomic mass is 10.00. The Balaban J connectivity index is 2.45. The highest BCUT2D eigenvalue weighted by molar-refractivity contribution is 5.82. The molecule has 0 bridgehead atoms. The first kappa shape index (κ1) is 11.3. The number of hydrogen-bond acceptors (Lipinski definition) is 2. The second-order valence-corrected chi connectivity index (χ2v) is 3.93. The summed E-state index contributed by atoms with van der Waals surface area (Å²) in [5.41, 5.74) is 4.29. The summed E-state index contributed by atoms with van der Waals surface area (Å²) in [7, 11) is 0. The van der Waals surface area contributed by atoms with Gasteiger partial charge in [-0.2, -0.15) is 0 Å². The Morgan fingerprint density at radius 1 is 0.824 bits per heavy atom. The van der Waals surface area contributed by atoms with E-state index in [4.69, 9.17) is 0 Å². The first-order chi connectivity index (χ1) is 8.24. The molecule has 0 fully saturated rings. The van der Waals surface area contributed by atoms with Crippen LogP contribution in [-0.4, -0.2) is 12.6 Å². The van der Waals surface area contributed by atoms with Crippen LogP contribution in [0.2, 0.25) is 0 Å². The van der Waals surface area contributed by atoms with E-state index in [1.807, 2.05) is 37.3 Å². The van der Waals surface area contributed by atoms with E-state index < -0.39 is 0 Å². The zero-order valence-corrected chi connectivity index (χ0v) is 9.51. The van der Waals surface area contributed by atoms with Crippen molar-refractivity contribution in [2.45, 2.75) is 6.92 Å². The lowest BCUT2D eigenvalue weighted by molar-refractivity contribution is 0.111. The quantitative estimate of drug-likeness (QED) is 0.750. The highest BCUT2D eigenvalue weighted by atomic mass is 16.1. The fourth-order valence-corrected chi connectivity index (χ4v) is 1.70. The van der Waals surface area contributed by atoms with Crippen LogP contribution in [0.1, 0.15) is 26.3 Å². The molecular formula is C15H12O2. The Hall–Kier alpha value is -2.22. The maximum Gasteiger partial charge on any atom is 0.150 e. The SMILES string of the molecule is Cc1ccc(-c2ccc(C=O)cc2)cc1C=O. The summed E-state index contributed by atoms with van der Waals surface area (Å²) in [4.78, 5) is 21.4. The van der Waals surface area contributed by atoms with Crippen molar-refractivity contribution in [1.82, 2.24) is 0 Å². The van der Waals surface area contributed by atoms with Crippen LogP contribution in [0, 0.1) is 6.92 Å². The molecule has 2 rings (SSSR count). The molecule has 84 valence electrons. The van der Waals surface area contributed by atoms with Crippen LogP contribution >= 0.6 is 0 Å². The molecule has 0 aromatic heterocycles. The second-order valence-electron chi connectivity index (χ2n) is 3.93. The summed E-state index contributed by atoms with van der Waals surface area (Å²) in [5, 5.41) is 0. The van der Waals surface area contributed by atoms with Crippen molar-refractivity contribution in [2.75, 3.05) is 0 Å². The number of carbonyl (C=O) groups is 2. The number of rotatable bonds is 3. The fraction of sp³-hybridized carbons (Fsp3) is 0.0667. The molecule has 0 saturated carbocycles. The maximum absolute atomic E-state index is 10.9. The Bertz CT molecular complexity index is 554. The number of benzene rings is 2. The third-order valence-corrected chi connectivity index (χ3v) is 2.79. The van der Waals surface area contributed by atoms with Crippen LogP contribution in [0.3, 0.4) is 0 Å². The molecular weight excluding hydrogens is 212 g/mol. The van der Waals surface area contributed by atoms with Crippen LogP contribution < -0.4 is 0 Å². The van der Waals surface area contributed by atoms with Crippen molar-refractivity contribution in [3.63, 3.8) is 0 Å². The van der Waals surface area contributed by atoms with Gasteiger partial charge in [0, 0.05) is 11.1 Å². The van der Waals surface area contributed by atoms with Crippen LogP contribution in [-0.2, 0) is 0 Å². The van der Waals surface area contributed by atoms with Gasteiger partial charge >= 0.3 is 0 Å². The highest BCUT2D eigenvalue weighted by Gasteiger charge is 2.02. The Morgan fingerprint density at radius 2 is 1.47 bits per heavy atom. The summed E-state index contributed by atoms with van der Waals surface area (Å²) in [6.45, 7) is 1.91. The monoisotopic (exact) mass is 224 g/mol. The van der Waals surface area contributed by atoms with E-state index in [1.165, 1.54) is 0 Å². The van der Waals surface area contributed by atoms with Gasteiger partial charge in [-0.15, -0.1) is 0 Å². The van der Waals surface area contributed by atoms with E-state index in [-0.39, 0.29) is 0 Å². The molecule has 0 N–H and O–H groups in total. The normalized spacial score (nSPS) is 9.94. The molecule has 0 aliphatic carbocycles. The average molecular weight is 224 g/mol. The smallest absolute Gasteiger partial charge is 0.150 e. The van der Waals surface area contributed by atoms with Crippen molar-refractivity contribution in [3.05, 3.63) is 59.2 Å². The number of aryl methyl sites for hydroxylation is 1. The minimum Gasteiger partial charge on any atom is -0.298 e. The van der Waals surface area contributed by atoms with E-state index in [0.29, 0.717) is 11.1 Å². The van der Waals surface area contributed by atoms with E-state index in [9.17, 15) is 9.59 Å². The molecule has 0 aliphatic heterocycles. The zero-order valence-electron chi connectivity index (χ0n) is 9.51. The van der Waals surface area contributed by atoms with E-state index in [2.05, 4.69) is 0 Å². The Morgan fingerprint density at radius 3 is 2.06 bits per heavy atom. The van der Waals surface area contributed by atoms with E-state index >= 15 is 0 Å². The number of aldehydes is 2. The van der Waals surface area contributed by atoms with Gasteiger partial charge in [-0.3, -0.25) is 9.59 Å². The van der Waals surface area contributed by atoms with Gasteiger partial charge in [0.15, 0.2) is 0 Å². The van der Waals surface area contributed by atoms with Crippen molar-refractivity contribution < 1.29 is 9.59 Å². The van der Waals surface area contributed by atoms with Crippen molar-refractivity contribution in [1.29, 1.82) is 0 Å². The van der Waals surface area contributed by atoms with Gasteiger partial charge in [0.2, 0.25) is 0 Å². The molecule has 2 aromatic carbocycles. The molecule has 0 saturated heterocycles. The second kappa shape index (κ2) is 4.74. The molecule has 0 amide bonds. The molecule has 0 aliphatic rings. The molecule has 2 aromatic rings. The predicted molar refractivity (Wildman–Crippen MR) is 67.4 cm³/mol. The molecule has 2 heteroatoms. The standard InChI is InChI=1S/C15H12O2/c1-11-2-5-14(8-15(11)10-17)13-6-3-12(9-16)4-7-13/h2-10H,1H3. The number of carbonyl (C=O) groups excluding carboxylic acids is 2. The number of hydrogen-bond donors (Lipinski definition) is 0. The van der Waals surface area contributed by atoms with Crippen LogP contribution in [0.15, 0.2) is 42.5 Å². The molecule has 17 heavy (non-hydrogen) atoms. The molecule has 0 unspecified atom stereocenters. The van der Waals surface area contributed by atoms with Gasteiger partial charge in [-0.25, -0.2) is 0 Å². The fourth-order valence-electron chi connectivity index (χ4n) is 1.70. The largest absolute Gasteiger partial charge is 0.298 e. The summed E-state index contributed by atoms with van der Waals surface area (Å²) in [6, 6.07) is 13.0. The van der Waals surface area contributed by atoms with Crippen molar-refractivity contribution in [2.24, 2.45) is 0 Å². The van der Waals surface area contributed by atoms with Gasteiger partial charge in [0.25, 0.3) is 0 Å². The first-order valence-corrected chi connectivity index (χ1v) is 5.36. The minimum atomic E-state index is 0.650. The lowest BCUT2D eigenvalue weighted by Crippen LogP contribution is -1.88. The van der Waals surface area contributed by atoms with E-state index in [0.717, 1.165) is 29.3 Å². The summed E-state index contributed by atoms with van der Waals surface area (Å²) in [6.07, 6.45) is 1.67. The highest BCUT2D eigenvalue weighted by Crippen LogP contribution is 2.21. The predicted octanol–water partition coefficient (Wildman–Crippen LogP) is 3.29. The third-order valence-electron chi connectivity index (χ3n) is 2.79. The van der Waals surface area contributed by atoms with Crippen LogP contribution in [0.4, 0.5) is 0 Å². The third kappa shape index (κ3) is 2.31. The van der Waals surface area contributed by atoms with Gasteiger partial charge in [0.1, 0.15) is 12.6 Å². The minimum absolute atomic E-state index is 0.650. The van der Waals surface area contributed by atoms with Crippen molar-refractivity contribution in [3.8, 4) is 11.1 Å². The zero-order chi connectivity index (χ0) is 12.3. The molecule has 0 atom stereocenters. The van der Waals surface area contributed by atoms with Crippen molar-refractivity contribution >= 4 is 12.6 Å². The van der Waals surface area contributed by atoms with Crippen LogP contribution in [0.25, 0.3) is 11.1 Å². The molecule has 0 heterocycles. The van der Waals surface area contributed by atoms with Gasteiger partial charge < -0.3 is 0 Å². The van der Waals surface area contributed by atoms with E-state index in [1.54, 1.807) is 12.1 Å². The molecule has 2 nitrogen and oxygen atoms in total. The Labute approximate surface area is 99.9 Å². The summed E-state index contributed by atoms with van der Waals surface area (Å²) in [5.74, 6) is 0. The first-order valence-electron chi connectivity index (χ1n) is 5.36. The summed E-state index contributed by atoms with van der Waals surface area (Å²) < 4.78 is 0. The lowest BCUT2D eigenvalue weighted by Gasteiger charge is -2.05. The Kier molecular flexibility index (Phi) is 3.15. The van der Waals surface area contributed by atoms with Gasteiger partial charge in [-0.05, 0) is 29.7 Å². The molecule has 0 radical (unpaired) electrons. The average Bonchev–Trinajstić information content (AvgIpc) is 2.39. The molecule has 0 spiro atoms. The van der Waals surface area contributed by atoms with Gasteiger partial charge in [-0.1, -0.05) is 36.4 Å². The summed E-state index contributed by atoms with van der Waals surface area (Å²) >= 11 is 0. The van der Waals surface area contributed by atoms with Crippen LogP contribution in [0.5, 0.6) is 0 Å². The topological polar surface area (TPSA) is 34.1 Å².